The molecule has 0 amide bonds. The SMILES string of the molecule is Clc1ccc(CNCCCOc2ccccc2)c(Cl)c1. The van der Waals surface area contributed by atoms with E-state index in [1.165, 1.54) is 0 Å². The van der Waals surface area contributed by atoms with E-state index in [0.717, 1.165) is 30.8 Å². The first-order valence-corrected chi connectivity index (χ1v) is 7.34. The van der Waals surface area contributed by atoms with Crippen molar-refractivity contribution in [1.29, 1.82) is 0 Å². The average Bonchev–Trinajstić information content (AvgIpc) is 2.46. The van der Waals surface area contributed by atoms with Crippen LogP contribution in [0.1, 0.15) is 12.0 Å². The number of halogens is 2. The number of nitrogens with one attached hydrogen (secondary N) is 1. The van der Waals surface area contributed by atoms with E-state index >= 15 is 0 Å². The van der Waals surface area contributed by atoms with Crippen LogP contribution in [-0.2, 0) is 6.54 Å². The highest BCUT2D eigenvalue weighted by Gasteiger charge is 2.00. The summed E-state index contributed by atoms with van der Waals surface area (Å²) in [6, 6.07) is 15.4. The molecule has 1 N–H and O–H groups in total. The molecule has 0 saturated heterocycles. The molecule has 0 bridgehead atoms. The molecule has 0 spiro atoms. The standard InChI is InChI=1S/C16H17Cl2NO/c17-14-8-7-13(16(18)11-14)12-19-9-4-10-20-15-5-2-1-3-6-15/h1-3,5-8,11,19H,4,9-10,12H2. The van der Waals surface area contributed by atoms with E-state index in [1.807, 2.05) is 42.5 Å². The van der Waals surface area contributed by atoms with Crippen molar-refractivity contribution in [2.45, 2.75) is 13.0 Å². The van der Waals surface area contributed by atoms with Gasteiger partial charge in [-0.15, -0.1) is 0 Å². The molecule has 0 atom stereocenters. The van der Waals surface area contributed by atoms with E-state index in [2.05, 4.69) is 5.32 Å². The van der Waals surface area contributed by atoms with Crippen molar-refractivity contribution in [2.24, 2.45) is 0 Å². The van der Waals surface area contributed by atoms with Gasteiger partial charge in [-0.1, -0.05) is 47.5 Å². The largest absolute Gasteiger partial charge is 0.494 e. The number of ether oxygens (including phenoxy) is 1. The van der Waals surface area contributed by atoms with Crippen molar-refractivity contribution in [3.8, 4) is 5.75 Å². The Kier molecular flexibility index (Phi) is 6.19. The monoisotopic (exact) mass is 309 g/mol. The molecule has 4 heteroatoms. The van der Waals surface area contributed by atoms with E-state index in [1.54, 1.807) is 6.07 Å². The molecular weight excluding hydrogens is 293 g/mol. The van der Waals surface area contributed by atoms with Gasteiger partial charge in [0.2, 0.25) is 0 Å². The van der Waals surface area contributed by atoms with Crippen LogP contribution in [-0.4, -0.2) is 13.2 Å². The number of benzene rings is 2. The molecule has 0 saturated carbocycles. The summed E-state index contributed by atoms with van der Waals surface area (Å²) in [7, 11) is 0. The van der Waals surface area contributed by atoms with Crippen molar-refractivity contribution in [1.82, 2.24) is 5.32 Å². The molecule has 2 aromatic rings. The van der Waals surface area contributed by atoms with Crippen molar-refractivity contribution < 1.29 is 4.74 Å². The predicted molar refractivity (Wildman–Crippen MR) is 84.7 cm³/mol. The lowest BCUT2D eigenvalue weighted by molar-refractivity contribution is 0.308. The maximum absolute atomic E-state index is 6.10. The Morgan fingerprint density at radius 1 is 1.00 bits per heavy atom. The Morgan fingerprint density at radius 2 is 1.80 bits per heavy atom. The first kappa shape index (κ1) is 15.2. The first-order valence-electron chi connectivity index (χ1n) is 6.58. The van der Waals surface area contributed by atoms with Crippen molar-refractivity contribution >= 4 is 23.2 Å². The van der Waals surface area contributed by atoms with Crippen LogP contribution in [0.3, 0.4) is 0 Å². The van der Waals surface area contributed by atoms with Gasteiger partial charge in [0, 0.05) is 16.6 Å². The molecule has 20 heavy (non-hydrogen) atoms. The molecule has 0 unspecified atom stereocenters. The number of rotatable bonds is 7. The summed E-state index contributed by atoms with van der Waals surface area (Å²) in [5.74, 6) is 0.910. The third kappa shape index (κ3) is 5.04. The van der Waals surface area contributed by atoms with Crippen LogP contribution in [0.4, 0.5) is 0 Å². The Morgan fingerprint density at radius 3 is 2.55 bits per heavy atom. The average molecular weight is 310 g/mol. The predicted octanol–water partition coefficient (Wildman–Crippen LogP) is 4.55. The number of hydrogen-bond donors (Lipinski definition) is 1. The molecule has 0 aliphatic carbocycles. The minimum absolute atomic E-state index is 0.662. The Labute approximate surface area is 129 Å². The lowest BCUT2D eigenvalue weighted by Gasteiger charge is -2.08. The summed E-state index contributed by atoms with van der Waals surface area (Å²) in [5, 5.41) is 4.70. The fourth-order valence-electron chi connectivity index (χ4n) is 1.79. The van der Waals surface area contributed by atoms with Gasteiger partial charge in [0.15, 0.2) is 0 Å². The summed E-state index contributed by atoms with van der Waals surface area (Å²) < 4.78 is 5.61. The highest BCUT2D eigenvalue weighted by atomic mass is 35.5. The van der Waals surface area contributed by atoms with Crippen molar-refractivity contribution in [3.63, 3.8) is 0 Å². The van der Waals surface area contributed by atoms with Gasteiger partial charge >= 0.3 is 0 Å². The van der Waals surface area contributed by atoms with Crippen LogP contribution >= 0.6 is 23.2 Å². The van der Waals surface area contributed by atoms with Gasteiger partial charge in [0.1, 0.15) is 5.75 Å². The lowest BCUT2D eigenvalue weighted by Crippen LogP contribution is -2.17. The van der Waals surface area contributed by atoms with Crippen LogP contribution in [0.15, 0.2) is 48.5 Å². The Hall–Kier alpha value is -1.22. The summed E-state index contributed by atoms with van der Waals surface area (Å²) in [6.45, 7) is 2.32. The zero-order valence-electron chi connectivity index (χ0n) is 11.1. The van der Waals surface area contributed by atoms with Crippen LogP contribution < -0.4 is 10.1 Å². The van der Waals surface area contributed by atoms with Gasteiger partial charge in [-0.2, -0.15) is 0 Å². The molecule has 0 aromatic heterocycles. The molecule has 0 heterocycles. The maximum atomic E-state index is 6.10. The molecule has 0 radical (unpaired) electrons. The van der Waals surface area contributed by atoms with Gasteiger partial charge in [-0.05, 0) is 42.8 Å². The fourth-order valence-corrected chi connectivity index (χ4v) is 2.27. The third-order valence-electron chi connectivity index (χ3n) is 2.84. The number of para-hydroxylation sites is 1. The van der Waals surface area contributed by atoms with E-state index < -0.39 is 0 Å². The van der Waals surface area contributed by atoms with Gasteiger partial charge in [0.05, 0.1) is 6.61 Å². The zero-order valence-corrected chi connectivity index (χ0v) is 12.6. The normalized spacial score (nSPS) is 10.5. The molecule has 2 nitrogen and oxygen atoms in total. The van der Waals surface area contributed by atoms with Crippen molar-refractivity contribution in [3.05, 3.63) is 64.1 Å². The summed E-state index contributed by atoms with van der Waals surface area (Å²) in [5.41, 5.74) is 1.06. The second-order valence-electron chi connectivity index (χ2n) is 4.43. The second kappa shape index (κ2) is 8.15. The topological polar surface area (TPSA) is 21.3 Å². The van der Waals surface area contributed by atoms with Crippen LogP contribution in [0.25, 0.3) is 0 Å². The third-order valence-corrected chi connectivity index (χ3v) is 3.43. The highest BCUT2D eigenvalue weighted by molar-refractivity contribution is 6.35. The zero-order chi connectivity index (χ0) is 14.2. The summed E-state index contributed by atoms with van der Waals surface area (Å²) in [6.07, 6.45) is 0.945. The van der Waals surface area contributed by atoms with Crippen LogP contribution in [0, 0.1) is 0 Å². The molecule has 0 aliphatic rings. The van der Waals surface area contributed by atoms with Gasteiger partial charge in [-0.3, -0.25) is 0 Å². The van der Waals surface area contributed by atoms with Crippen LogP contribution in [0.2, 0.25) is 10.0 Å². The highest BCUT2D eigenvalue weighted by Crippen LogP contribution is 2.20. The quantitative estimate of drug-likeness (QED) is 0.757. The molecule has 2 rings (SSSR count). The maximum Gasteiger partial charge on any atom is 0.119 e. The number of hydrogen-bond acceptors (Lipinski definition) is 2. The van der Waals surface area contributed by atoms with Crippen LogP contribution in [0.5, 0.6) is 5.75 Å². The minimum Gasteiger partial charge on any atom is -0.494 e. The summed E-state index contributed by atoms with van der Waals surface area (Å²) >= 11 is 12.0. The van der Waals surface area contributed by atoms with Crippen molar-refractivity contribution in [2.75, 3.05) is 13.2 Å². The molecule has 0 aliphatic heterocycles. The molecule has 0 fully saturated rings. The van der Waals surface area contributed by atoms with Gasteiger partial charge < -0.3 is 10.1 Å². The molecular formula is C16H17Cl2NO. The van der Waals surface area contributed by atoms with E-state index in [-0.39, 0.29) is 0 Å². The Bertz CT molecular complexity index is 531. The lowest BCUT2D eigenvalue weighted by atomic mass is 10.2. The first-order chi connectivity index (χ1) is 9.75. The van der Waals surface area contributed by atoms with E-state index in [4.69, 9.17) is 27.9 Å². The fraction of sp³-hybridized carbons (Fsp3) is 0.250. The molecule has 2 aromatic carbocycles. The minimum atomic E-state index is 0.662. The van der Waals surface area contributed by atoms with E-state index in [9.17, 15) is 0 Å². The Balaban J connectivity index is 1.62. The molecule has 106 valence electrons. The smallest absolute Gasteiger partial charge is 0.119 e. The van der Waals surface area contributed by atoms with Gasteiger partial charge in [0.25, 0.3) is 0 Å². The second-order valence-corrected chi connectivity index (χ2v) is 5.27. The summed E-state index contributed by atoms with van der Waals surface area (Å²) in [4.78, 5) is 0. The van der Waals surface area contributed by atoms with E-state index in [0.29, 0.717) is 16.7 Å². The van der Waals surface area contributed by atoms with Gasteiger partial charge in [-0.25, -0.2) is 0 Å².